The number of hydrogen-bond donors (Lipinski definition) is 1. The lowest BCUT2D eigenvalue weighted by Crippen LogP contribution is -2.52. The van der Waals surface area contributed by atoms with Crippen LogP contribution in [-0.2, 0) is 4.79 Å². The molecule has 0 radical (unpaired) electrons. The monoisotopic (exact) mass is 337 g/mol. The van der Waals surface area contributed by atoms with Crippen LogP contribution in [0.1, 0.15) is 12.8 Å². The molecule has 2 fully saturated rings. The van der Waals surface area contributed by atoms with Crippen LogP contribution in [0.4, 0.5) is 5.69 Å². The Kier molecular flexibility index (Phi) is 5.41. The van der Waals surface area contributed by atoms with Gasteiger partial charge in [-0.2, -0.15) is 0 Å². The molecule has 2 saturated heterocycles. The molecule has 2 heterocycles. The Morgan fingerprint density at radius 1 is 1.13 bits per heavy atom. The number of amides is 1. The van der Waals surface area contributed by atoms with Crippen LogP contribution in [0.3, 0.4) is 0 Å². The van der Waals surface area contributed by atoms with Crippen LogP contribution in [0.25, 0.3) is 0 Å². The average molecular weight is 338 g/mol. The highest BCUT2D eigenvalue weighted by atomic mass is 35.5. The molecule has 5 nitrogen and oxygen atoms in total. The zero-order chi connectivity index (χ0) is 16.2. The Balaban J connectivity index is 1.47. The number of hydrogen-bond acceptors (Lipinski definition) is 4. The van der Waals surface area contributed by atoms with E-state index in [0.717, 1.165) is 62.8 Å². The summed E-state index contributed by atoms with van der Waals surface area (Å²) in [5.74, 6) is 0.201. The molecule has 0 aliphatic carbocycles. The van der Waals surface area contributed by atoms with E-state index in [9.17, 15) is 9.90 Å². The Morgan fingerprint density at radius 3 is 2.48 bits per heavy atom. The Morgan fingerprint density at radius 2 is 1.83 bits per heavy atom. The standard InChI is InChI=1S/C17H24ClN3O2/c18-14-2-1-3-15(12-14)20-8-10-21(11-9-20)17(23)13-19-6-4-16(22)5-7-19/h1-3,12,16,22H,4-11,13H2. The smallest absolute Gasteiger partial charge is 0.236 e. The van der Waals surface area contributed by atoms with Crippen molar-refractivity contribution in [3.8, 4) is 0 Å². The molecule has 0 saturated carbocycles. The minimum atomic E-state index is -0.192. The van der Waals surface area contributed by atoms with Crippen LogP contribution < -0.4 is 4.90 Å². The Hall–Kier alpha value is -1.30. The van der Waals surface area contributed by atoms with Crippen LogP contribution in [0, 0.1) is 0 Å². The van der Waals surface area contributed by atoms with Crippen LogP contribution in [0.15, 0.2) is 24.3 Å². The van der Waals surface area contributed by atoms with Crippen molar-refractivity contribution < 1.29 is 9.90 Å². The van der Waals surface area contributed by atoms with Gasteiger partial charge in [0.25, 0.3) is 0 Å². The van der Waals surface area contributed by atoms with E-state index >= 15 is 0 Å². The van der Waals surface area contributed by atoms with Crippen molar-refractivity contribution in [2.75, 3.05) is 50.7 Å². The Labute approximate surface area is 142 Å². The fourth-order valence-corrected chi connectivity index (χ4v) is 3.44. The van der Waals surface area contributed by atoms with Gasteiger partial charge in [0, 0.05) is 50.0 Å². The summed E-state index contributed by atoms with van der Waals surface area (Å²) in [5, 5.41) is 10.3. The van der Waals surface area contributed by atoms with Crippen molar-refractivity contribution in [2.45, 2.75) is 18.9 Å². The zero-order valence-corrected chi connectivity index (χ0v) is 14.1. The van der Waals surface area contributed by atoms with Gasteiger partial charge in [-0.15, -0.1) is 0 Å². The first-order valence-corrected chi connectivity index (χ1v) is 8.68. The second-order valence-corrected chi connectivity index (χ2v) is 6.79. The van der Waals surface area contributed by atoms with Gasteiger partial charge in [0.1, 0.15) is 0 Å². The van der Waals surface area contributed by atoms with E-state index in [1.54, 1.807) is 0 Å². The lowest BCUT2D eigenvalue weighted by molar-refractivity contribution is -0.133. The minimum absolute atomic E-state index is 0.192. The quantitative estimate of drug-likeness (QED) is 0.907. The van der Waals surface area contributed by atoms with E-state index in [4.69, 9.17) is 11.6 Å². The van der Waals surface area contributed by atoms with Gasteiger partial charge in [-0.25, -0.2) is 0 Å². The summed E-state index contributed by atoms with van der Waals surface area (Å²) in [4.78, 5) is 18.8. The van der Waals surface area contributed by atoms with Gasteiger partial charge < -0.3 is 14.9 Å². The average Bonchev–Trinajstić information content (AvgIpc) is 2.57. The number of anilines is 1. The molecule has 0 unspecified atom stereocenters. The van der Waals surface area contributed by atoms with Crippen molar-refractivity contribution >= 4 is 23.2 Å². The number of benzene rings is 1. The first-order valence-electron chi connectivity index (χ1n) is 8.30. The number of piperidine rings is 1. The predicted octanol–water partition coefficient (Wildman–Crippen LogP) is 1.45. The molecule has 2 aliphatic rings. The maximum atomic E-state index is 12.4. The molecular formula is C17H24ClN3O2. The highest BCUT2D eigenvalue weighted by Gasteiger charge is 2.24. The molecule has 23 heavy (non-hydrogen) atoms. The molecule has 0 spiro atoms. The van der Waals surface area contributed by atoms with Crippen molar-refractivity contribution in [2.24, 2.45) is 0 Å². The Bertz CT molecular complexity index is 538. The van der Waals surface area contributed by atoms with Gasteiger partial charge in [-0.05, 0) is 31.0 Å². The number of aliphatic hydroxyl groups excluding tert-OH is 1. The molecule has 1 aromatic carbocycles. The fraction of sp³-hybridized carbons (Fsp3) is 0.588. The van der Waals surface area contributed by atoms with E-state index in [1.807, 2.05) is 23.1 Å². The summed E-state index contributed by atoms with van der Waals surface area (Å²) in [6, 6.07) is 7.86. The minimum Gasteiger partial charge on any atom is -0.393 e. The number of carbonyl (C=O) groups is 1. The highest BCUT2D eigenvalue weighted by molar-refractivity contribution is 6.30. The number of aliphatic hydroxyl groups is 1. The van der Waals surface area contributed by atoms with Gasteiger partial charge in [-0.3, -0.25) is 9.69 Å². The van der Waals surface area contributed by atoms with Crippen molar-refractivity contribution in [3.63, 3.8) is 0 Å². The molecule has 126 valence electrons. The number of piperazine rings is 1. The van der Waals surface area contributed by atoms with E-state index in [1.165, 1.54) is 0 Å². The predicted molar refractivity (Wildman–Crippen MR) is 91.9 cm³/mol. The van der Waals surface area contributed by atoms with E-state index < -0.39 is 0 Å². The van der Waals surface area contributed by atoms with Gasteiger partial charge in [0.2, 0.25) is 5.91 Å². The third-order valence-corrected chi connectivity index (χ3v) is 4.96. The summed E-state index contributed by atoms with van der Waals surface area (Å²) in [6.07, 6.45) is 1.36. The first kappa shape index (κ1) is 16.6. The summed E-state index contributed by atoms with van der Waals surface area (Å²) < 4.78 is 0. The summed E-state index contributed by atoms with van der Waals surface area (Å²) in [6.45, 7) is 5.29. The number of carbonyl (C=O) groups excluding carboxylic acids is 1. The summed E-state index contributed by atoms with van der Waals surface area (Å²) >= 11 is 6.05. The van der Waals surface area contributed by atoms with Gasteiger partial charge in [-0.1, -0.05) is 17.7 Å². The third kappa shape index (κ3) is 4.37. The molecule has 6 heteroatoms. The molecule has 0 atom stereocenters. The number of rotatable bonds is 3. The molecular weight excluding hydrogens is 314 g/mol. The summed E-state index contributed by atoms with van der Waals surface area (Å²) in [5.41, 5.74) is 1.12. The van der Waals surface area contributed by atoms with Gasteiger partial charge >= 0.3 is 0 Å². The van der Waals surface area contributed by atoms with Crippen molar-refractivity contribution in [3.05, 3.63) is 29.3 Å². The van der Waals surface area contributed by atoms with Crippen molar-refractivity contribution in [1.82, 2.24) is 9.80 Å². The number of likely N-dealkylation sites (tertiary alicyclic amines) is 1. The SMILES string of the molecule is O=C(CN1CCC(O)CC1)N1CCN(c2cccc(Cl)c2)CC1. The molecule has 1 N–H and O–H groups in total. The maximum absolute atomic E-state index is 12.4. The molecule has 3 rings (SSSR count). The molecule has 1 aromatic rings. The number of halogens is 1. The molecule has 2 aliphatic heterocycles. The fourth-order valence-electron chi connectivity index (χ4n) is 3.26. The van der Waals surface area contributed by atoms with Crippen molar-refractivity contribution in [1.29, 1.82) is 0 Å². The zero-order valence-electron chi connectivity index (χ0n) is 13.3. The maximum Gasteiger partial charge on any atom is 0.236 e. The number of nitrogens with zero attached hydrogens (tertiary/aromatic N) is 3. The molecule has 1 amide bonds. The first-order chi connectivity index (χ1) is 11.1. The topological polar surface area (TPSA) is 47.0 Å². The van der Waals surface area contributed by atoms with Crippen LogP contribution >= 0.6 is 11.6 Å². The van der Waals surface area contributed by atoms with E-state index in [2.05, 4.69) is 15.9 Å². The third-order valence-electron chi connectivity index (χ3n) is 4.72. The van der Waals surface area contributed by atoms with Gasteiger partial charge in [0.15, 0.2) is 0 Å². The van der Waals surface area contributed by atoms with Crippen LogP contribution in [0.2, 0.25) is 5.02 Å². The van der Waals surface area contributed by atoms with Crippen LogP contribution in [-0.4, -0.2) is 72.7 Å². The summed E-state index contributed by atoms with van der Waals surface area (Å²) in [7, 11) is 0. The lowest BCUT2D eigenvalue weighted by Gasteiger charge is -2.37. The van der Waals surface area contributed by atoms with E-state index in [0.29, 0.717) is 6.54 Å². The van der Waals surface area contributed by atoms with Gasteiger partial charge in [0.05, 0.1) is 12.6 Å². The second kappa shape index (κ2) is 7.51. The van der Waals surface area contributed by atoms with E-state index in [-0.39, 0.29) is 12.0 Å². The second-order valence-electron chi connectivity index (χ2n) is 6.36. The lowest BCUT2D eigenvalue weighted by atomic mass is 10.1. The largest absolute Gasteiger partial charge is 0.393 e. The molecule has 0 aromatic heterocycles. The normalized spacial score (nSPS) is 20.8. The van der Waals surface area contributed by atoms with Crippen LogP contribution in [0.5, 0.6) is 0 Å². The molecule has 0 bridgehead atoms. The highest BCUT2D eigenvalue weighted by Crippen LogP contribution is 2.21.